The van der Waals surface area contributed by atoms with Crippen LogP contribution in [-0.4, -0.2) is 41.8 Å². The Bertz CT molecular complexity index is 843. The molecule has 1 aliphatic rings. The summed E-state index contributed by atoms with van der Waals surface area (Å²) in [5, 5.41) is 7.08. The van der Waals surface area contributed by atoms with Gasteiger partial charge in [0.1, 0.15) is 0 Å². The van der Waals surface area contributed by atoms with E-state index in [-0.39, 0.29) is 0 Å². The van der Waals surface area contributed by atoms with Gasteiger partial charge in [-0.15, -0.1) is 0 Å². The molecule has 0 atom stereocenters. The SMILES string of the molecule is C/C(=N\N1CCN(C(c2ccccc2)c2ccccc2)CC1)c1ccccc1. The quantitative estimate of drug-likeness (QED) is 0.601. The molecule has 0 aliphatic carbocycles. The lowest BCUT2D eigenvalue weighted by Crippen LogP contribution is -2.46. The maximum Gasteiger partial charge on any atom is 0.0646 e. The summed E-state index contributed by atoms with van der Waals surface area (Å²) < 4.78 is 0. The first-order valence-corrected chi connectivity index (χ1v) is 10.0. The molecule has 1 saturated heterocycles. The molecule has 0 saturated carbocycles. The van der Waals surface area contributed by atoms with Gasteiger partial charge in [-0.1, -0.05) is 91.0 Å². The maximum absolute atomic E-state index is 4.87. The zero-order valence-corrected chi connectivity index (χ0v) is 16.4. The van der Waals surface area contributed by atoms with Crippen molar-refractivity contribution in [3.8, 4) is 0 Å². The number of benzene rings is 3. The highest BCUT2D eigenvalue weighted by Gasteiger charge is 2.26. The van der Waals surface area contributed by atoms with Crippen LogP contribution in [0.5, 0.6) is 0 Å². The van der Waals surface area contributed by atoms with Crippen molar-refractivity contribution in [2.24, 2.45) is 5.10 Å². The van der Waals surface area contributed by atoms with Crippen LogP contribution in [0.15, 0.2) is 96.1 Å². The first kappa shape index (κ1) is 18.5. The Morgan fingerprint density at radius 2 is 1.14 bits per heavy atom. The third-order valence-electron chi connectivity index (χ3n) is 5.37. The Morgan fingerprint density at radius 3 is 1.64 bits per heavy atom. The molecular weight excluding hydrogens is 342 g/mol. The number of hydrogen-bond acceptors (Lipinski definition) is 3. The number of piperazine rings is 1. The molecule has 3 aromatic carbocycles. The van der Waals surface area contributed by atoms with Crippen LogP contribution < -0.4 is 0 Å². The fraction of sp³-hybridized carbons (Fsp3) is 0.240. The lowest BCUT2D eigenvalue weighted by Gasteiger charge is -2.39. The lowest BCUT2D eigenvalue weighted by molar-refractivity contribution is 0.112. The largest absolute Gasteiger partial charge is 0.294 e. The molecule has 0 radical (unpaired) electrons. The second-order valence-electron chi connectivity index (χ2n) is 7.26. The first-order chi connectivity index (χ1) is 13.8. The van der Waals surface area contributed by atoms with Crippen molar-refractivity contribution in [1.82, 2.24) is 9.91 Å². The highest BCUT2D eigenvalue weighted by Crippen LogP contribution is 2.29. The van der Waals surface area contributed by atoms with Gasteiger partial charge in [-0.3, -0.25) is 9.91 Å². The molecule has 3 heteroatoms. The zero-order valence-electron chi connectivity index (χ0n) is 16.4. The topological polar surface area (TPSA) is 18.8 Å². The fourth-order valence-corrected chi connectivity index (χ4v) is 3.90. The van der Waals surface area contributed by atoms with Crippen molar-refractivity contribution in [3.05, 3.63) is 108 Å². The molecule has 0 amide bonds. The third kappa shape index (κ3) is 4.32. The van der Waals surface area contributed by atoms with Crippen LogP contribution in [0.3, 0.4) is 0 Å². The van der Waals surface area contributed by atoms with Gasteiger partial charge in [0.2, 0.25) is 0 Å². The molecule has 0 unspecified atom stereocenters. The van der Waals surface area contributed by atoms with E-state index in [4.69, 9.17) is 5.10 Å². The van der Waals surface area contributed by atoms with Crippen molar-refractivity contribution >= 4 is 5.71 Å². The number of nitrogens with zero attached hydrogens (tertiary/aromatic N) is 3. The van der Waals surface area contributed by atoms with Crippen LogP contribution in [0.25, 0.3) is 0 Å². The van der Waals surface area contributed by atoms with Crippen molar-refractivity contribution in [3.63, 3.8) is 0 Å². The zero-order chi connectivity index (χ0) is 19.2. The Hall–Kier alpha value is -2.91. The van der Waals surface area contributed by atoms with E-state index in [0.29, 0.717) is 6.04 Å². The van der Waals surface area contributed by atoms with Gasteiger partial charge in [0, 0.05) is 26.2 Å². The van der Waals surface area contributed by atoms with Crippen molar-refractivity contribution in [1.29, 1.82) is 0 Å². The van der Waals surface area contributed by atoms with E-state index >= 15 is 0 Å². The van der Waals surface area contributed by atoms with Gasteiger partial charge in [-0.2, -0.15) is 5.10 Å². The summed E-state index contributed by atoms with van der Waals surface area (Å²) in [7, 11) is 0. The number of rotatable bonds is 5. The molecule has 0 aromatic heterocycles. The molecule has 3 nitrogen and oxygen atoms in total. The average molecular weight is 370 g/mol. The summed E-state index contributed by atoms with van der Waals surface area (Å²) in [5.74, 6) is 0. The Labute approximate surface area is 167 Å². The van der Waals surface area contributed by atoms with E-state index < -0.39 is 0 Å². The van der Waals surface area contributed by atoms with E-state index in [2.05, 4.69) is 102 Å². The molecule has 4 rings (SSSR count). The molecule has 0 N–H and O–H groups in total. The summed E-state index contributed by atoms with van der Waals surface area (Å²) in [6, 6.07) is 32.4. The van der Waals surface area contributed by atoms with Crippen LogP contribution in [0.4, 0.5) is 0 Å². The summed E-state index contributed by atoms with van der Waals surface area (Å²) in [4.78, 5) is 2.58. The van der Waals surface area contributed by atoms with E-state index in [1.165, 1.54) is 16.7 Å². The van der Waals surface area contributed by atoms with Crippen LogP contribution in [-0.2, 0) is 0 Å². The monoisotopic (exact) mass is 369 g/mol. The third-order valence-corrected chi connectivity index (χ3v) is 5.37. The normalized spacial score (nSPS) is 15.8. The molecular formula is C25H27N3. The highest BCUT2D eigenvalue weighted by molar-refractivity contribution is 5.98. The van der Waals surface area contributed by atoms with Gasteiger partial charge in [-0.25, -0.2) is 0 Å². The number of hydrazone groups is 1. The Balaban J connectivity index is 1.49. The van der Waals surface area contributed by atoms with Gasteiger partial charge in [-0.05, 0) is 23.6 Å². The maximum atomic E-state index is 4.87. The fourth-order valence-electron chi connectivity index (χ4n) is 3.90. The van der Waals surface area contributed by atoms with Crippen LogP contribution in [0.2, 0.25) is 0 Å². The molecule has 1 aliphatic heterocycles. The van der Waals surface area contributed by atoms with Gasteiger partial charge in [0.15, 0.2) is 0 Å². The second kappa shape index (κ2) is 8.85. The molecule has 1 fully saturated rings. The molecule has 0 spiro atoms. The van der Waals surface area contributed by atoms with Crippen LogP contribution in [0, 0.1) is 0 Å². The second-order valence-corrected chi connectivity index (χ2v) is 7.26. The number of hydrogen-bond donors (Lipinski definition) is 0. The van der Waals surface area contributed by atoms with Crippen molar-refractivity contribution in [2.75, 3.05) is 26.2 Å². The molecule has 28 heavy (non-hydrogen) atoms. The first-order valence-electron chi connectivity index (χ1n) is 10.0. The average Bonchev–Trinajstić information content (AvgIpc) is 2.77. The minimum atomic E-state index is 0.295. The smallest absolute Gasteiger partial charge is 0.0646 e. The minimum absolute atomic E-state index is 0.295. The van der Waals surface area contributed by atoms with Gasteiger partial charge in [0.05, 0.1) is 11.8 Å². The van der Waals surface area contributed by atoms with Crippen molar-refractivity contribution in [2.45, 2.75) is 13.0 Å². The highest BCUT2D eigenvalue weighted by atomic mass is 15.5. The molecule has 1 heterocycles. The predicted octanol–water partition coefficient (Wildman–Crippen LogP) is 4.82. The lowest BCUT2D eigenvalue weighted by atomic mass is 9.96. The van der Waals surface area contributed by atoms with Gasteiger partial charge < -0.3 is 0 Å². The predicted molar refractivity (Wildman–Crippen MR) is 117 cm³/mol. The van der Waals surface area contributed by atoms with Crippen LogP contribution >= 0.6 is 0 Å². The summed E-state index contributed by atoms with van der Waals surface area (Å²) in [6.07, 6.45) is 0. The van der Waals surface area contributed by atoms with E-state index in [9.17, 15) is 0 Å². The molecule has 142 valence electrons. The van der Waals surface area contributed by atoms with E-state index in [0.717, 1.165) is 31.9 Å². The summed E-state index contributed by atoms with van der Waals surface area (Å²) >= 11 is 0. The summed E-state index contributed by atoms with van der Waals surface area (Å²) in [6.45, 7) is 5.99. The van der Waals surface area contributed by atoms with Crippen LogP contribution in [0.1, 0.15) is 29.7 Å². The molecule has 0 bridgehead atoms. The van der Waals surface area contributed by atoms with Gasteiger partial charge >= 0.3 is 0 Å². The summed E-state index contributed by atoms with van der Waals surface area (Å²) in [5.41, 5.74) is 4.98. The van der Waals surface area contributed by atoms with Gasteiger partial charge in [0.25, 0.3) is 0 Å². The Kier molecular flexibility index (Phi) is 5.83. The van der Waals surface area contributed by atoms with Crippen molar-refractivity contribution < 1.29 is 0 Å². The van der Waals surface area contributed by atoms with E-state index in [1.54, 1.807) is 0 Å². The standard InChI is InChI=1S/C25H27N3/c1-21(22-11-5-2-6-12-22)26-28-19-17-27(18-20-28)25(23-13-7-3-8-14-23)24-15-9-4-10-16-24/h2-16,25H,17-20H2,1H3/b26-21+. The molecule has 3 aromatic rings. The van der Waals surface area contributed by atoms with E-state index in [1.807, 2.05) is 6.07 Å². The minimum Gasteiger partial charge on any atom is -0.294 e. The Morgan fingerprint density at radius 1 is 0.679 bits per heavy atom.